The van der Waals surface area contributed by atoms with Crippen LogP contribution in [0, 0.1) is 0 Å². The first-order chi connectivity index (χ1) is 3.72. The van der Waals surface area contributed by atoms with Gasteiger partial charge in [0.05, 0.1) is 0 Å². The summed E-state index contributed by atoms with van der Waals surface area (Å²) in [6.45, 7) is 5.33. The number of aliphatic imine (C=N–C) groups is 1. The maximum Gasteiger partial charge on any atom is 0.122 e. The van der Waals surface area contributed by atoms with E-state index < -0.39 is 0 Å². The van der Waals surface area contributed by atoms with Crippen LogP contribution in [0.15, 0.2) is 16.9 Å². The van der Waals surface area contributed by atoms with Crippen LogP contribution in [0.4, 0.5) is 0 Å². The van der Waals surface area contributed by atoms with Crippen molar-refractivity contribution >= 4 is 6.72 Å². The van der Waals surface area contributed by atoms with Gasteiger partial charge in [-0.3, -0.25) is 0 Å². The summed E-state index contributed by atoms with van der Waals surface area (Å²) in [5.41, 5.74) is 0. The molecule has 0 radical (unpaired) electrons. The Labute approximate surface area is 50.5 Å². The molecule has 0 aliphatic rings. The third-order valence-corrected chi connectivity index (χ3v) is 0.878. The minimum Gasteiger partial charge on any atom is -0.363 e. The molecular weight excluding hydrogens is 100 g/mol. The molecule has 0 aromatic rings. The van der Waals surface area contributed by atoms with Crippen LogP contribution in [-0.4, -0.2) is 25.7 Å². The van der Waals surface area contributed by atoms with E-state index in [1.165, 1.54) is 0 Å². The average Bonchev–Trinajstić information content (AvgIpc) is 1.69. The molecule has 0 aliphatic carbocycles. The fourth-order valence-electron chi connectivity index (χ4n) is 0.491. The van der Waals surface area contributed by atoms with Crippen LogP contribution in [0.25, 0.3) is 0 Å². The van der Waals surface area contributed by atoms with Crippen molar-refractivity contribution in [2.24, 2.45) is 4.99 Å². The number of allylic oxidation sites excluding steroid dienone is 1. The van der Waals surface area contributed by atoms with Gasteiger partial charge in [0.15, 0.2) is 0 Å². The maximum absolute atomic E-state index is 3.74. The van der Waals surface area contributed by atoms with E-state index in [4.69, 9.17) is 0 Å². The van der Waals surface area contributed by atoms with Gasteiger partial charge >= 0.3 is 0 Å². The summed E-state index contributed by atoms with van der Waals surface area (Å²) in [4.78, 5) is 5.65. The highest BCUT2D eigenvalue weighted by Crippen LogP contribution is 1.95. The van der Waals surface area contributed by atoms with Gasteiger partial charge in [-0.1, -0.05) is 0 Å². The lowest BCUT2D eigenvalue weighted by Crippen LogP contribution is -2.08. The molecule has 0 atom stereocenters. The van der Waals surface area contributed by atoms with Crippen LogP contribution in [-0.2, 0) is 0 Å². The van der Waals surface area contributed by atoms with E-state index in [9.17, 15) is 0 Å². The van der Waals surface area contributed by atoms with E-state index in [2.05, 4.69) is 11.7 Å². The van der Waals surface area contributed by atoms with Crippen molar-refractivity contribution in [1.82, 2.24) is 4.90 Å². The Morgan fingerprint density at radius 2 is 2.12 bits per heavy atom. The largest absolute Gasteiger partial charge is 0.363 e. The van der Waals surface area contributed by atoms with Crippen LogP contribution in [0.5, 0.6) is 0 Å². The summed E-state index contributed by atoms with van der Waals surface area (Å²) >= 11 is 0. The van der Waals surface area contributed by atoms with Gasteiger partial charge in [-0.25, -0.2) is 4.99 Å². The van der Waals surface area contributed by atoms with Crippen molar-refractivity contribution in [1.29, 1.82) is 0 Å². The molecule has 0 N–H and O–H groups in total. The number of rotatable bonds is 2. The van der Waals surface area contributed by atoms with Crippen molar-refractivity contribution in [3.63, 3.8) is 0 Å². The molecule has 0 unspecified atom stereocenters. The third-order valence-electron chi connectivity index (χ3n) is 0.878. The molecular formula is C6H12N2. The smallest absolute Gasteiger partial charge is 0.122 e. The minimum atomic E-state index is 0.907. The quantitative estimate of drug-likeness (QED) is 0.488. The molecule has 2 nitrogen and oxygen atoms in total. The van der Waals surface area contributed by atoms with Gasteiger partial charge in [-0.2, -0.15) is 0 Å². The van der Waals surface area contributed by atoms with E-state index in [1.54, 1.807) is 0 Å². The Morgan fingerprint density at radius 3 is 2.12 bits per heavy atom. The summed E-state index contributed by atoms with van der Waals surface area (Å²) < 4.78 is 0. The highest BCUT2D eigenvalue weighted by Gasteiger charge is 1.88. The second-order valence-corrected chi connectivity index (χ2v) is 1.70. The maximum atomic E-state index is 3.74. The van der Waals surface area contributed by atoms with Gasteiger partial charge in [0.1, 0.15) is 5.82 Å². The standard InChI is InChI=1S/C6H12N2/c1-5-6(7-2)8(3)4/h5H,2H2,1,3-4H3/b6-5+. The van der Waals surface area contributed by atoms with Crippen molar-refractivity contribution < 1.29 is 0 Å². The van der Waals surface area contributed by atoms with E-state index in [0.29, 0.717) is 0 Å². The molecule has 0 spiro atoms. The molecule has 0 bridgehead atoms. The number of nitrogens with zero attached hydrogens (tertiary/aromatic N) is 2. The van der Waals surface area contributed by atoms with Crippen LogP contribution in [0.3, 0.4) is 0 Å². The topological polar surface area (TPSA) is 15.6 Å². The molecule has 0 aromatic carbocycles. The fraction of sp³-hybridized carbons (Fsp3) is 0.500. The Hall–Kier alpha value is -0.790. The zero-order valence-corrected chi connectivity index (χ0v) is 5.68. The van der Waals surface area contributed by atoms with E-state index in [1.807, 2.05) is 32.0 Å². The Balaban J connectivity index is 3.91. The SMILES string of the molecule is C=N/C(=C\C)N(C)C. The molecule has 0 heterocycles. The second-order valence-electron chi connectivity index (χ2n) is 1.70. The van der Waals surface area contributed by atoms with Crippen LogP contribution in [0.2, 0.25) is 0 Å². The Morgan fingerprint density at radius 1 is 1.62 bits per heavy atom. The molecule has 0 saturated carbocycles. The van der Waals surface area contributed by atoms with Crippen molar-refractivity contribution in [2.75, 3.05) is 14.1 Å². The van der Waals surface area contributed by atoms with Crippen LogP contribution in [0.1, 0.15) is 6.92 Å². The summed E-state index contributed by atoms with van der Waals surface area (Å²) in [5, 5.41) is 0. The summed E-state index contributed by atoms with van der Waals surface area (Å²) in [7, 11) is 3.87. The zero-order chi connectivity index (χ0) is 6.57. The van der Waals surface area contributed by atoms with Gasteiger partial charge in [-0.05, 0) is 19.7 Å². The molecule has 0 amide bonds. The number of hydrogen-bond donors (Lipinski definition) is 0. The summed E-state index contributed by atoms with van der Waals surface area (Å²) in [5.74, 6) is 0.907. The minimum absolute atomic E-state index is 0.907. The average molecular weight is 112 g/mol. The highest BCUT2D eigenvalue weighted by atomic mass is 15.2. The predicted molar refractivity (Wildman–Crippen MR) is 37.0 cm³/mol. The first-order valence-electron chi connectivity index (χ1n) is 2.52. The molecule has 8 heavy (non-hydrogen) atoms. The molecule has 0 fully saturated rings. The van der Waals surface area contributed by atoms with Gasteiger partial charge in [0.25, 0.3) is 0 Å². The lowest BCUT2D eigenvalue weighted by Gasteiger charge is -2.10. The Kier molecular flexibility index (Phi) is 2.92. The third kappa shape index (κ3) is 1.78. The summed E-state index contributed by atoms with van der Waals surface area (Å²) in [6.07, 6.45) is 1.91. The summed E-state index contributed by atoms with van der Waals surface area (Å²) in [6, 6.07) is 0. The van der Waals surface area contributed by atoms with Crippen molar-refractivity contribution in [2.45, 2.75) is 6.92 Å². The first kappa shape index (κ1) is 7.21. The van der Waals surface area contributed by atoms with Crippen LogP contribution >= 0.6 is 0 Å². The predicted octanol–water partition coefficient (Wildman–Crippen LogP) is 1.11. The highest BCUT2D eigenvalue weighted by molar-refractivity contribution is 5.28. The van der Waals surface area contributed by atoms with Crippen molar-refractivity contribution in [3.05, 3.63) is 11.9 Å². The van der Waals surface area contributed by atoms with Crippen LogP contribution < -0.4 is 0 Å². The zero-order valence-electron chi connectivity index (χ0n) is 5.68. The van der Waals surface area contributed by atoms with E-state index in [0.717, 1.165) is 5.82 Å². The molecule has 0 aliphatic heterocycles. The molecule has 0 rings (SSSR count). The van der Waals surface area contributed by atoms with Crippen molar-refractivity contribution in [3.8, 4) is 0 Å². The fourth-order valence-corrected chi connectivity index (χ4v) is 0.491. The van der Waals surface area contributed by atoms with Gasteiger partial charge < -0.3 is 4.90 Å². The molecule has 46 valence electrons. The van der Waals surface area contributed by atoms with Gasteiger partial charge in [-0.15, -0.1) is 0 Å². The van der Waals surface area contributed by atoms with E-state index >= 15 is 0 Å². The first-order valence-corrected chi connectivity index (χ1v) is 2.52. The lowest BCUT2D eigenvalue weighted by molar-refractivity contribution is 0.507. The second kappa shape index (κ2) is 3.24. The normalized spacial score (nSPS) is 11.1. The molecule has 0 saturated heterocycles. The van der Waals surface area contributed by atoms with Gasteiger partial charge in [0, 0.05) is 14.1 Å². The Bertz CT molecular complexity index is 103. The van der Waals surface area contributed by atoms with E-state index in [-0.39, 0.29) is 0 Å². The molecule has 0 aromatic heterocycles. The lowest BCUT2D eigenvalue weighted by atomic mass is 10.6. The molecule has 2 heteroatoms. The van der Waals surface area contributed by atoms with Gasteiger partial charge in [0.2, 0.25) is 0 Å². The number of hydrogen-bond acceptors (Lipinski definition) is 2. The monoisotopic (exact) mass is 112 g/mol.